The van der Waals surface area contributed by atoms with Gasteiger partial charge in [-0.2, -0.15) is 0 Å². The van der Waals surface area contributed by atoms with Gasteiger partial charge in [-0.25, -0.2) is 17.9 Å². The van der Waals surface area contributed by atoms with E-state index in [1.807, 2.05) is 24.3 Å². The number of benzene rings is 1. The maximum absolute atomic E-state index is 12.4. The van der Waals surface area contributed by atoms with Gasteiger partial charge in [0, 0.05) is 31.3 Å². The molecule has 1 aromatic carbocycles. The Labute approximate surface area is 180 Å². The highest BCUT2D eigenvalue weighted by atomic mass is 32.2. The fourth-order valence-corrected chi connectivity index (χ4v) is 4.40. The zero-order chi connectivity index (χ0) is 22.3. The number of aromatic amines is 1. The van der Waals surface area contributed by atoms with Crippen LogP contribution in [0.2, 0.25) is 0 Å². The average Bonchev–Trinajstić information content (AvgIpc) is 3.22. The lowest BCUT2D eigenvalue weighted by Gasteiger charge is -2.17. The van der Waals surface area contributed by atoms with E-state index in [1.165, 1.54) is 16.8 Å². The van der Waals surface area contributed by atoms with Gasteiger partial charge in [-0.3, -0.25) is 14.3 Å². The van der Waals surface area contributed by atoms with Crippen molar-refractivity contribution in [2.75, 3.05) is 25.6 Å². The SMILES string of the molecule is C[C@@H](NS(=O)(=O)CCCOCn1ccc(=O)[nH]c1=O)c1cccc(O[C@H]2CCOC2)c1. The summed E-state index contributed by atoms with van der Waals surface area (Å²) in [6, 6.07) is 8.13. The summed E-state index contributed by atoms with van der Waals surface area (Å²) < 4.78 is 45.1. The molecule has 1 saturated heterocycles. The second-order valence-electron chi connectivity index (χ2n) is 7.31. The van der Waals surface area contributed by atoms with Crippen LogP contribution in [0.3, 0.4) is 0 Å². The first-order valence-corrected chi connectivity index (χ1v) is 11.7. The van der Waals surface area contributed by atoms with Crippen molar-refractivity contribution in [2.24, 2.45) is 0 Å². The number of nitrogens with zero attached hydrogens (tertiary/aromatic N) is 1. The number of rotatable bonds is 11. The first-order chi connectivity index (χ1) is 14.8. The van der Waals surface area contributed by atoms with Gasteiger partial charge in [-0.15, -0.1) is 0 Å². The quantitative estimate of drug-likeness (QED) is 0.480. The average molecular weight is 454 g/mol. The third-order valence-electron chi connectivity index (χ3n) is 4.73. The van der Waals surface area contributed by atoms with E-state index in [0.717, 1.165) is 12.0 Å². The van der Waals surface area contributed by atoms with Gasteiger partial charge >= 0.3 is 5.69 Å². The van der Waals surface area contributed by atoms with Crippen LogP contribution < -0.4 is 20.7 Å². The molecule has 2 atom stereocenters. The normalized spacial score (nSPS) is 17.5. The fraction of sp³-hybridized carbons (Fsp3) is 0.500. The van der Waals surface area contributed by atoms with Crippen molar-refractivity contribution in [3.63, 3.8) is 0 Å². The first-order valence-electron chi connectivity index (χ1n) is 10.0. The molecular weight excluding hydrogens is 426 g/mol. The molecule has 1 aliphatic rings. The van der Waals surface area contributed by atoms with E-state index in [1.54, 1.807) is 6.92 Å². The number of sulfonamides is 1. The lowest BCUT2D eigenvalue weighted by Crippen LogP contribution is -2.30. The molecule has 170 valence electrons. The third kappa shape index (κ3) is 7.31. The lowest BCUT2D eigenvalue weighted by molar-refractivity contribution is 0.0744. The van der Waals surface area contributed by atoms with Crippen molar-refractivity contribution in [2.45, 2.75) is 38.6 Å². The predicted molar refractivity (Wildman–Crippen MR) is 114 cm³/mol. The highest BCUT2D eigenvalue weighted by Crippen LogP contribution is 2.22. The summed E-state index contributed by atoms with van der Waals surface area (Å²) in [5.41, 5.74) is -0.270. The van der Waals surface area contributed by atoms with Crippen molar-refractivity contribution in [3.05, 3.63) is 62.9 Å². The second kappa shape index (κ2) is 10.7. The maximum Gasteiger partial charge on any atom is 0.330 e. The molecule has 0 radical (unpaired) electrons. The Morgan fingerprint density at radius 2 is 2.16 bits per heavy atom. The zero-order valence-corrected chi connectivity index (χ0v) is 18.1. The van der Waals surface area contributed by atoms with E-state index in [9.17, 15) is 18.0 Å². The van der Waals surface area contributed by atoms with Gasteiger partial charge < -0.3 is 14.2 Å². The Bertz CT molecular complexity index is 1070. The van der Waals surface area contributed by atoms with E-state index >= 15 is 0 Å². The number of hydrogen-bond donors (Lipinski definition) is 2. The van der Waals surface area contributed by atoms with Gasteiger partial charge in [0.25, 0.3) is 5.56 Å². The van der Waals surface area contributed by atoms with Crippen LogP contribution in [0, 0.1) is 0 Å². The number of ether oxygens (including phenoxy) is 3. The summed E-state index contributed by atoms with van der Waals surface area (Å²) in [6.45, 7) is 3.09. The summed E-state index contributed by atoms with van der Waals surface area (Å²) in [5, 5.41) is 0. The van der Waals surface area contributed by atoms with Crippen molar-refractivity contribution in [1.29, 1.82) is 0 Å². The number of hydrogen-bond acceptors (Lipinski definition) is 7. The van der Waals surface area contributed by atoms with E-state index in [-0.39, 0.29) is 31.6 Å². The summed E-state index contributed by atoms with van der Waals surface area (Å²) in [4.78, 5) is 24.7. The molecule has 1 aromatic heterocycles. The van der Waals surface area contributed by atoms with Crippen molar-refractivity contribution in [3.8, 4) is 5.75 Å². The Balaban J connectivity index is 1.44. The molecule has 1 aliphatic heterocycles. The lowest BCUT2D eigenvalue weighted by atomic mass is 10.1. The predicted octanol–water partition coefficient (Wildman–Crippen LogP) is 0.749. The van der Waals surface area contributed by atoms with Crippen LogP contribution in [0.4, 0.5) is 0 Å². The van der Waals surface area contributed by atoms with Crippen LogP contribution in [-0.4, -0.2) is 49.6 Å². The Morgan fingerprint density at radius 3 is 2.90 bits per heavy atom. The fourth-order valence-electron chi connectivity index (χ4n) is 3.11. The molecule has 0 spiro atoms. The van der Waals surface area contributed by atoms with Crippen LogP contribution in [-0.2, 0) is 26.2 Å². The smallest absolute Gasteiger partial charge is 0.330 e. The molecule has 0 amide bonds. The van der Waals surface area contributed by atoms with E-state index in [0.29, 0.717) is 19.0 Å². The molecule has 0 saturated carbocycles. The second-order valence-corrected chi connectivity index (χ2v) is 9.18. The van der Waals surface area contributed by atoms with Crippen LogP contribution >= 0.6 is 0 Å². The van der Waals surface area contributed by atoms with Crippen LogP contribution in [0.15, 0.2) is 46.1 Å². The van der Waals surface area contributed by atoms with Gasteiger partial charge in [0.15, 0.2) is 0 Å². The number of H-pyrrole nitrogens is 1. The van der Waals surface area contributed by atoms with Gasteiger partial charge in [0.1, 0.15) is 18.6 Å². The first kappa shape index (κ1) is 23.2. The van der Waals surface area contributed by atoms with Gasteiger partial charge in [0.05, 0.1) is 19.0 Å². The van der Waals surface area contributed by atoms with Crippen LogP contribution in [0.25, 0.3) is 0 Å². The molecule has 10 nitrogen and oxygen atoms in total. The van der Waals surface area contributed by atoms with Gasteiger partial charge in [0.2, 0.25) is 10.0 Å². The molecule has 11 heteroatoms. The molecule has 0 aliphatic carbocycles. The maximum atomic E-state index is 12.4. The molecule has 3 rings (SSSR count). The Morgan fingerprint density at radius 1 is 1.32 bits per heavy atom. The Hall–Kier alpha value is -2.47. The zero-order valence-electron chi connectivity index (χ0n) is 17.3. The largest absolute Gasteiger partial charge is 0.488 e. The molecular formula is C20H27N3O7S. The highest BCUT2D eigenvalue weighted by molar-refractivity contribution is 7.89. The molecule has 2 aromatic rings. The van der Waals surface area contributed by atoms with Gasteiger partial charge in [-0.1, -0.05) is 12.1 Å². The van der Waals surface area contributed by atoms with Gasteiger partial charge in [-0.05, 0) is 31.0 Å². The van der Waals surface area contributed by atoms with Crippen LogP contribution in [0.1, 0.15) is 31.4 Å². The monoisotopic (exact) mass is 453 g/mol. The molecule has 2 heterocycles. The van der Waals surface area contributed by atoms with E-state index in [4.69, 9.17) is 14.2 Å². The molecule has 2 N–H and O–H groups in total. The minimum Gasteiger partial charge on any atom is -0.488 e. The summed E-state index contributed by atoms with van der Waals surface area (Å²) >= 11 is 0. The Kier molecular flexibility index (Phi) is 8.02. The molecule has 0 bridgehead atoms. The molecule has 0 unspecified atom stereocenters. The summed E-state index contributed by atoms with van der Waals surface area (Å²) in [6.07, 6.45) is 2.43. The third-order valence-corrected chi connectivity index (χ3v) is 6.27. The van der Waals surface area contributed by atoms with Crippen LogP contribution in [0.5, 0.6) is 5.75 Å². The van der Waals surface area contributed by atoms with E-state index < -0.39 is 27.3 Å². The van der Waals surface area contributed by atoms with E-state index in [2.05, 4.69) is 9.71 Å². The molecule has 1 fully saturated rings. The number of aromatic nitrogens is 2. The van der Waals surface area contributed by atoms with Crippen molar-refractivity contribution < 1.29 is 22.6 Å². The standard InChI is InChI=1S/C20H27N3O7S/c1-15(16-4-2-5-17(12-16)30-18-7-10-28-13-18)22-31(26,27)11-3-9-29-14-23-8-6-19(24)21-20(23)25/h2,4-6,8,12,15,18,22H,3,7,9-11,13-14H2,1H3,(H,21,24,25)/t15-,18+/m1/s1. The minimum atomic E-state index is -3.53. The summed E-state index contributed by atoms with van der Waals surface area (Å²) in [5.74, 6) is 0.568. The van der Waals surface area contributed by atoms with Crippen molar-refractivity contribution in [1.82, 2.24) is 14.3 Å². The molecule has 31 heavy (non-hydrogen) atoms. The number of nitrogens with one attached hydrogen (secondary N) is 2. The summed E-state index contributed by atoms with van der Waals surface area (Å²) in [7, 11) is -3.53. The van der Waals surface area contributed by atoms with Crippen molar-refractivity contribution >= 4 is 10.0 Å². The topological polar surface area (TPSA) is 129 Å². The minimum absolute atomic E-state index is 0.0224. The highest BCUT2D eigenvalue weighted by Gasteiger charge is 2.19.